The molecule has 0 aliphatic carbocycles. The van der Waals surface area contributed by atoms with Gasteiger partial charge in [0.05, 0.1) is 12.6 Å². The molecule has 0 heterocycles. The highest BCUT2D eigenvalue weighted by molar-refractivity contribution is 5.82. The summed E-state index contributed by atoms with van der Waals surface area (Å²) in [6.07, 6.45) is 0. The van der Waals surface area contributed by atoms with Crippen molar-refractivity contribution in [2.45, 2.75) is 25.9 Å². The number of carbonyl (C=O) groups excluding carboxylic acids is 1. The zero-order valence-electron chi connectivity index (χ0n) is 8.53. The Kier molecular flexibility index (Phi) is 5.62. The number of carboxylic acids is 1. The number of ether oxygens (including phenoxy) is 1. The minimum Gasteiger partial charge on any atom is -0.480 e. The highest BCUT2D eigenvalue weighted by atomic mass is 16.5. The molecule has 82 valence electrons. The van der Waals surface area contributed by atoms with Gasteiger partial charge >= 0.3 is 12.0 Å². The molecule has 3 N–H and O–H groups in total. The number of hydrogen-bond acceptors (Lipinski definition) is 3. The molecule has 0 radical (unpaired) electrons. The summed E-state index contributed by atoms with van der Waals surface area (Å²) in [6, 6.07) is -1.56. The Labute approximate surface area is 82.6 Å². The lowest BCUT2D eigenvalue weighted by molar-refractivity contribution is -0.138. The van der Waals surface area contributed by atoms with Crippen LogP contribution in [0.1, 0.15) is 13.8 Å². The van der Waals surface area contributed by atoms with E-state index < -0.39 is 18.0 Å². The first-order chi connectivity index (χ1) is 6.47. The third-order valence-electron chi connectivity index (χ3n) is 1.51. The number of rotatable bonds is 5. The lowest BCUT2D eigenvalue weighted by Crippen LogP contribution is -2.48. The Balaban J connectivity index is 3.80. The van der Waals surface area contributed by atoms with Gasteiger partial charge in [-0.2, -0.15) is 0 Å². The van der Waals surface area contributed by atoms with Crippen LogP contribution in [0.5, 0.6) is 0 Å². The number of nitrogens with one attached hydrogen (secondary N) is 2. The van der Waals surface area contributed by atoms with Gasteiger partial charge in [-0.25, -0.2) is 4.79 Å². The molecule has 2 atom stereocenters. The van der Waals surface area contributed by atoms with Gasteiger partial charge in [-0.3, -0.25) is 4.79 Å². The second kappa shape index (κ2) is 6.20. The minimum absolute atomic E-state index is 0.152. The third kappa shape index (κ3) is 5.36. The summed E-state index contributed by atoms with van der Waals surface area (Å²) in [7, 11) is 1.52. The summed E-state index contributed by atoms with van der Waals surface area (Å²) in [5.41, 5.74) is 0. The Bertz CT molecular complexity index is 208. The standard InChI is InChI=1S/C8H16N2O4/c1-5(4-14-3)9-8(13)10-6(2)7(11)12/h5-6H,4H2,1-3H3,(H,11,12)(H2,9,10,13)/t5?,6-/m1/s1. The highest BCUT2D eigenvalue weighted by Gasteiger charge is 2.14. The van der Waals surface area contributed by atoms with E-state index in [4.69, 9.17) is 9.84 Å². The molecular weight excluding hydrogens is 188 g/mol. The number of aliphatic carboxylic acids is 1. The second-order valence-electron chi connectivity index (χ2n) is 3.03. The molecule has 0 aromatic carbocycles. The first kappa shape index (κ1) is 12.7. The maximum Gasteiger partial charge on any atom is 0.325 e. The van der Waals surface area contributed by atoms with Gasteiger partial charge in [0.2, 0.25) is 0 Å². The lowest BCUT2D eigenvalue weighted by atomic mass is 10.3. The molecule has 6 nitrogen and oxygen atoms in total. The molecule has 0 fully saturated rings. The van der Waals surface area contributed by atoms with E-state index >= 15 is 0 Å². The quantitative estimate of drug-likeness (QED) is 0.578. The molecule has 0 spiro atoms. The van der Waals surface area contributed by atoms with E-state index in [0.29, 0.717) is 6.61 Å². The lowest BCUT2D eigenvalue weighted by Gasteiger charge is -2.15. The smallest absolute Gasteiger partial charge is 0.325 e. The summed E-state index contributed by atoms with van der Waals surface area (Å²) in [4.78, 5) is 21.5. The fourth-order valence-electron chi connectivity index (χ4n) is 0.816. The van der Waals surface area contributed by atoms with Crippen molar-refractivity contribution in [1.82, 2.24) is 10.6 Å². The molecule has 0 aliphatic heterocycles. The Morgan fingerprint density at radius 2 is 1.93 bits per heavy atom. The summed E-state index contributed by atoms with van der Waals surface area (Å²) in [6.45, 7) is 3.53. The molecule has 2 amide bonds. The van der Waals surface area contributed by atoms with E-state index in [0.717, 1.165) is 0 Å². The maximum atomic E-state index is 11.1. The van der Waals surface area contributed by atoms with Crippen LogP contribution in [-0.2, 0) is 9.53 Å². The van der Waals surface area contributed by atoms with Crippen LogP contribution >= 0.6 is 0 Å². The topological polar surface area (TPSA) is 87.7 Å². The number of amides is 2. The van der Waals surface area contributed by atoms with E-state index in [2.05, 4.69) is 10.6 Å². The molecular formula is C8H16N2O4. The summed E-state index contributed by atoms with van der Waals surface area (Å²) in [5, 5.41) is 13.3. The average molecular weight is 204 g/mol. The fourth-order valence-corrected chi connectivity index (χ4v) is 0.816. The van der Waals surface area contributed by atoms with Gasteiger partial charge in [0.25, 0.3) is 0 Å². The second-order valence-corrected chi connectivity index (χ2v) is 3.03. The van der Waals surface area contributed by atoms with Crippen LogP contribution in [0.15, 0.2) is 0 Å². The van der Waals surface area contributed by atoms with Crippen molar-refractivity contribution in [3.63, 3.8) is 0 Å². The van der Waals surface area contributed by atoms with Crippen LogP contribution in [0.2, 0.25) is 0 Å². The summed E-state index contributed by atoms with van der Waals surface area (Å²) >= 11 is 0. The summed E-state index contributed by atoms with van der Waals surface area (Å²) in [5.74, 6) is -1.07. The number of carboxylic acid groups (broad SMARTS) is 1. The van der Waals surface area contributed by atoms with Gasteiger partial charge in [0.15, 0.2) is 0 Å². The minimum atomic E-state index is -1.07. The molecule has 0 aromatic rings. The molecule has 0 bridgehead atoms. The van der Waals surface area contributed by atoms with Crippen molar-refractivity contribution in [2.75, 3.05) is 13.7 Å². The van der Waals surface area contributed by atoms with Gasteiger partial charge in [0, 0.05) is 7.11 Å². The van der Waals surface area contributed by atoms with Crippen LogP contribution in [-0.4, -0.2) is 42.9 Å². The molecule has 0 aromatic heterocycles. The van der Waals surface area contributed by atoms with Crippen molar-refractivity contribution >= 4 is 12.0 Å². The average Bonchev–Trinajstić information content (AvgIpc) is 2.03. The predicted octanol–water partition coefficient (Wildman–Crippen LogP) is -0.206. The monoisotopic (exact) mass is 204 g/mol. The van der Waals surface area contributed by atoms with Crippen molar-refractivity contribution < 1.29 is 19.4 Å². The van der Waals surface area contributed by atoms with Gasteiger partial charge in [-0.05, 0) is 13.8 Å². The van der Waals surface area contributed by atoms with Crippen molar-refractivity contribution in [3.05, 3.63) is 0 Å². The molecule has 0 saturated heterocycles. The molecule has 0 saturated carbocycles. The Morgan fingerprint density at radius 1 is 1.36 bits per heavy atom. The molecule has 0 aliphatic rings. The zero-order chi connectivity index (χ0) is 11.1. The van der Waals surface area contributed by atoms with E-state index in [1.54, 1.807) is 6.92 Å². The number of hydrogen-bond donors (Lipinski definition) is 3. The predicted molar refractivity (Wildman–Crippen MR) is 50.1 cm³/mol. The Morgan fingerprint density at radius 3 is 2.36 bits per heavy atom. The van der Waals surface area contributed by atoms with Crippen LogP contribution < -0.4 is 10.6 Å². The van der Waals surface area contributed by atoms with E-state index in [1.165, 1.54) is 14.0 Å². The first-order valence-electron chi connectivity index (χ1n) is 4.26. The van der Waals surface area contributed by atoms with Crippen LogP contribution in [0, 0.1) is 0 Å². The molecule has 1 unspecified atom stereocenters. The van der Waals surface area contributed by atoms with Crippen LogP contribution in [0.3, 0.4) is 0 Å². The van der Waals surface area contributed by atoms with E-state index in [-0.39, 0.29) is 6.04 Å². The van der Waals surface area contributed by atoms with Crippen molar-refractivity contribution in [3.8, 4) is 0 Å². The molecule has 0 rings (SSSR count). The van der Waals surface area contributed by atoms with Gasteiger partial charge in [-0.1, -0.05) is 0 Å². The number of carbonyl (C=O) groups is 2. The number of methoxy groups -OCH3 is 1. The highest BCUT2D eigenvalue weighted by Crippen LogP contribution is 1.85. The maximum absolute atomic E-state index is 11.1. The SMILES string of the molecule is COCC(C)NC(=O)N[C@H](C)C(=O)O. The van der Waals surface area contributed by atoms with Gasteiger partial charge in [-0.15, -0.1) is 0 Å². The van der Waals surface area contributed by atoms with Crippen molar-refractivity contribution in [2.24, 2.45) is 0 Å². The largest absolute Gasteiger partial charge is 0.480 e. The van der Waals surface area contributed by atoms with Crippen LogP contribution in [0.25, 0.3) is 0 Å². The first-order valence-corrected chi connectivity index (χ1v) is 4.26. The molecule has 6 heteroatoms. The Hall–Kier alpha value is -1.30. The van der Waals surface area contributed by atoms with Crippen molar-refractivity contribution in [1.29, 1.82) is 0 Å². The van der Waals surface area contributed by atoms with E-state index in [9.17, 15) is 9.59 Å². The molecule has 14 heavy (non-hydrogen) atoms. The van der Waals surface area contributed by atoms with Gasteiger partial charge in [0.1, 0.15) is 6.04 Å². The van der Waals surface area contributed by atoms with Crippen LogP contribution in [0.4, 0.5) is 4.79 Å². The number of urea groups is 1. The zero-order valence-corrected chi connectivity index (χ0v) is 8.53. The summed E-state index contributed by atoms with van der Waals surface area (Å²) < 4.78 is 4.80. The normalized spacial score (nSPS) is 14.2. The van der Waals surface area contributed by atoms with Gasteiger partial charge < -0.3 is 20.5 Å². The fraction of sp³-hybridized carbons (Fsp3) is 0.750. The van der Waals surface area contributed by atoms with E-state index in [1.807, 2.05) is 0 Å². The third-order valence-corrected chi connectivity index (χ3v) is 1.51.